The van der Waals surface area contributed by atoms with Gasteiger partial charge in [0, 0.05) is 17.6 Å². The topological polar surface area (TPSA) is 66.5 Å². The fourth-order valence-corrected chi connectivity index (χ4v) is 4.99. The Morgan fingerprint density at radius 1 is 1.22 bits per heavy atom. The number of halogens is 1. The van der Waals surface area contributed by atoms with Gasteiger partial charge in [-0.15, -0.1) is 0 Å². The number of hydrogen-bond donors (Lipinski definition) is 1. The molecule has 2 aromatic carbocycles. The Bertz CT molecular complexity index is 986. The van der Waals surface area contributed by atoms with Gasteiger partial charge in [-0.1, -0.05) is 36.7 Å². The van der Waals surface area contributed by atoms with E-state index in [1.54, 1.807) is 12.1 Å². The summed E-state index contributed by atoms with van der Waals surface area (Å²) in [5, 5.41) is 3.02. The van der Waals surface area contributed by atoms with Crippen LogP contribution in [0.25, 0.3) is 0 Å². The van der Waals surface area contributed by atoms with Crippen LogP contribution in [-0.2, 0) is 16.4 Å². The van der Waals surface area contributed by atoms with Gasteiger partial charge in [0.1, 0.15) is 4.90 Å². The number of hydrogen-bond acceptors (Lipinski definition) is 3. The third-order valence-corrected chi connectivity index (χ3v) is 7.24. The fraction of sp³-hybridized carbons (Fsp3) is 0.350. The summed E-state index contributed by atoms with van der Waals surface area (Å²) in [5.41, 5.74) is 1.53. The minimum absolute atomic E-state index is 0.0529. The van der Waals surface area contributed by atoms with Crippen molar-refractivity contribution >= 4 is 33.2 Å². The first kappa shape index (κ1) is 19.7. The molecule has 3 rings (SSSR count). The lowest BCUT2D eigenvalue weighted by molar-refractivity contribution is 0.0911. The van der Waals surface area contributed by atoms with Crippen LogP contribution in [0.1, 0.15) is 43.1 Å². The maximum atomic E-state index is 13.2. The van der Waals surface area contributed by atoms with Crippen molar-refractivity contribution in [3.63, 3.8) is 0 Å². The lowest BCUT2D eigenvalue weighted by Crippen LogP contribution is -2.42. The van der Waals surface area contributed by atoms with Crippen LogP contribution in [0, 0.1) is 0 Å². The van der Waals surface area contributed by atoms with E-state index >= 15 is 0 Å². The molecule has 1 amide bonds. The van der Waals surface area contributed by atoms with E-state index in [4.69, 9.17) is 11.6 Å². The SMILES string of the molecule is CCC(C)(C)NC(=O)c1ccc(Cl)c(S(=O)(=O)N2CCc3ccccc32)c1. The van der Waals surface area contributed by atoms with Crippen LogP contribution >= 0.6 is 11.6 Å². The van der Waals surface area contributed by atoms with Gasteiger partial charge in [0.15, 0.2) is 0 Å². The van der Waals surface area contributed by atoms with Gasteiger partial charge in [-0.3, -0.25) is 9.10 Å². The molecule has 0 aliphatic carbocycles. The van der Waals surface area contributed by atoms with E-state index < -0.39 is 10.0 Å². The quantitative estimate of drug-likeness (QED) is 0.815. The largest absolute Gasteiger partial charge is 0.347 e. The van der Waals surface area contributed by atoms with Crippen LogP contribution in [0.4, 0.5) is 5.69 Å². The number of benzene rings is 2. The second-order valence-corrected chi connectivity index (χ2v) is 9.53. The van der Waals surface area contributed by atoms with Crippen LogP contribution in [0.15, 0.2) is 47.4 Å². The fourth-order valence-electron chi connectivity index (χ4n) is 2.99. The van der Waals surface area contributed by atoms with Crippen LogP contribution in [0.2, 0.25) is 5.02 Å². The number of nitrogens with zero attached hydrogens (tertiary/aromatic N) is 1. The van der Waals surface area contributed by atoms with Crippen LogP contribution in [0.5, 0.6) is 0 Å². The number of rotatable bonds is 5. The molecule has 0 atom stereocenters. The molecule has 0 fully saturated rings. The first-order valence-corrected chi connectivity index (χ1v) is 10.7. The van der Waals surface area contributed by atoms with Crippen molar-refractivity contribution in [3.05, 3.63) is 58.6 Å². The van der Waals surface area contributed by atoms with Crippen molar-refractivity contribution in [1.29, 1.82) is 0 Å². The van der Waals surface area contributed by atoms with E-state index in [2.05, 4.69) is 5.32 Å². The Balaban J connectivity index is 1.98. The molecular weight excluding hydrogens is 384 g/mol. The maximum Gasteiger partial charge on any atom is 0.265 e. The molecule has 0 saturated heterocycles. The van der Waals surface area contributed by atoms with E-state index in [-0.39, 0.29) is 26.9 Å². The molecule has 1 heterocycles. The van der Waals surface area contributed by atoms with Gasteiger partial charge in [-0.2, -0.15) is 0 Å². The number of fused-ring (bicyclic) bond motifs is 1. The number of sulfonamides is 1. The smallest absolute Gasteiger partial charge is 0.265 e. The predicted octanol–water partition coefficient (Wildman–Crippen LogP) is 4.01. The summed E-state index contributed by atoms with van der Waals surface area (Å²) in [6.45, 7) is 6.17. The second kappa shape index (κ2) is 7.17. The third-order valence-electron chi connectivity index (χ3n) is 4.94. The number of carbonyl (C=O) groups excluding carboxylic acids is 1. The van der Waals surface area contributed by atoms with E-state index in [1.807, 2.05) is 39.0 Å². The summed E-state index contributed by atoms with van der Waals surface area (Å²) in [5.74, 6) is -0.322. The van der Waals surface area contributed by atoms with Gasteiger partial charge in [-0.05, 0) is 56.5 Å². The highest BCUT2D eigenvalue weighted by atomic mass is 35.5. The lowest BCUT2D eigenvalue weighted by atomic mass is 10.0. The van der Waals surface area contributed by atoms with E-state index in [0.29, 0.717) is 18.7 Å². The molecule has 0 unspecified atom stereocenters. The molecule has 1 N–H and O–H groups in total. The maximum absolute atomic E-state index is 13.2. The molecule has 0 radical (unpaired) electrons. The zero-order chi connectivity index (χ0) is 19.8. The molecule has 0 saturated carbocycles. The van der Waals surface area contributed by atoms with Crippen molar-refractivity contribution in [3.8, 4) is 0 Å². The summed E-state index contributed by atoms with van der Waals surface area (Å²) in [7, 11) is -3.87. The Morgan fingerprint density at radius 3 is 2.63 bits per heavy atom. The molecule has 7 heteroatoms. The molecule has 144 valence electrons. The monoisotopic (exact) mass is 406 g/mol. The summed E-state index contributed by atoms with van der Waals surface area (Å²) in [6, 6.07) is 11.8. The first-order chi connectivity index (χ1) is 12.7. The molecular formula is C20H23ClN2O3S. The summed E-state index contributed by atoms with van der Waals surface area (Å²) in [6.07, 6.45) is 1.40. The van der Waals surface area contributed by atoms with Crippen LogP contribution in [-0.4, -0.2) is 26.4 Å². The molecule has 5 nitrogen and oxygen atoms in total. The molecule has 2 aromatic rings. The lowest BCUT2D eigenvalue weighted by Gasteiger charge is -2.25. The minimum atomic E-state index is -3.87. The number of para-hydroxylation sites is 1. The molecule has 1 aliphatic heterocycles. The summed E-state index contributed by atoms with van der Waals surface area (Å²) in [4.78, 5) is 12.5. The minimum Gasteiger partial charge on any atom is -0.347 e. The average molecular weight is 407 g/mol. The number of nitrogens with one attached hydrogen (secondary N) is 1. The van der Waals surface area contributed by atoms with E-state index in [0.717, 1.165) is 12.0 Å². The van der Waals surface area contributed by atoms with Crippen molar-refractivity contribution in [2.75, 3.05) is 10.8 Å². The van der Waals surface area contributed by atoms with Gasteiger partial charge in [0.2, 0.25) is 0 Å². The first-order valence-electron chi connectivity index (χ1n) is 8.88. The number of amides is 1. The number of carbonyl (C=O) groups is 1. The Morgan fingerprint density at radius 2 is 1.93 bits per heavy atom. The Labute approximate surface area is 165 Å². The van der Waals surface area contributed by atoms with Gasteiger partial charge in [-0.25, -0.2) is 8.42 Å². The van der Waals surface area contributed by atoms with Crippen molar-refractivity contribution < 1.29 is 13.2 Å². The molecule has 27 heavy (non-hydrogen) atoms. The normalized spacial score (nSPS) is 14.1. The van der Waals surface area contributed by atoms with Crippen molar-refractivity contribution in [2.24, 2.45) is 0 Å². The summed E-state index contributed by atoms with van der Waals surface area (Å²) < 4.78 is 27.9. The Kier molecular flexibility index (Phi) is 5.23. The van der Waals surface area contributed by atoms with Crippen molar-refractivity contribution in [1.82, 2.24) is 5.32 Å². The highest BCUT2D eigenvalue weighted by molar-refractivity contribution is 7.93. The second-order valence-electron chi connectivity index (χ2n) is 7.29. The Hall–Kier alpha value is -2.05. The average Bonchev–Trinajstić information content (AvgIpc) is 3.06. The molecule has 1 aliphatic rings. The highest BCUT2D eigenvalue weighted by Crippen LogP contribution is 2.35. The molecule has 0 bridgehead atoms. The van der Waals surface area contributed by atoms with Gasteiger partial charge >= 0.3 is 0 Å². The molecule has 0 aromatic heterocycles. The standard InChI is InChI=1S/C20H23ClN2O3S/c1-4-20(2,3)22-19(24)15-9-10-16(21)18(13-15)27(25,26)23-12-11-14-7-5-6-8-17(14)23/h5-10,13H,4,11-12H2,1-3H3,(H,22,24). The van der Waals surface area contributed by atoms with Gasteiger partial charge in [0.05, 0.1) is 10.7 Å². The van der Waals surface area contributed by atoms with E-state index in [1.165, 1.54) is 16.4 Å². The third kappa shape index (κ3) is 3.82. The van der Waals surface area contributed by atoms with Crippen LogP contribution in [0.3, 0.4) is 0 Å². The zero-order valence-electron chi connectivity index (χ0n) is 15.6. The number of anilines is 1. The zero-order valence-corrected chi connectivity index (χ0v) is 17.2. The van der Waals surface area contributed by atoms with Crippen LogP contribution < -0.4 is 9.62 Å². The predicted molar refractivity (Wildman–Crippen MR) is 108 cm³/mol. The van der Waals surface area contributed by atoms with E-state index in [9.17, 15) is 13.2 Å². The van der Waals surface area contributed by atoms with Gasteiger partial charge in [0.25, 0.3) is 15.9 Å². The van der Waals surface area contributed by atoms with Crippen molar-refractivity contribution in [2.45, 2.75) is 44.0 Å². The van der Waals surface area contributed by atoms with Gasteiger partial charge < -0.3 is 5.32 Å². The molecule has 0 spiro atoms. The highest BCUT2D eigenvalue weighted by Gasteiger charge is 2.32. The summed E-state index contributed by atoms with van der Waals surface area (Å²) >= 11 is 6.21.